The zero-order valence-electron chi connectivity index (χ0n) is 22.7. The van der Waals surface area contributed by atoms with Crippen LogP contribution in [-0.4, -0.2) is 124 Å². The molecule has 2 saturated heterocycles. The van der Waals surface area contributed by atoms with Gasteiger partial charge < -0.3 is 59.1 Å². The summed E-state index contributed by atoms with van der Waals surface area (Å²) in [5.74, 6) is -1.51. The average molecular weight is 577 g/mol. The van der Waals surface area contributed by atoms with Crippen LogP contribution < -0.4 is 0 Å². The Morgan fingerprint density at radius 3 is 2.48 bits per heavy atom. The number of ketones is 1. The fourth-order valence-corrected chi connectivity index (χ4v) is 5.49. The van der Waals surface area contributed by atoms with Crippen LogP contribution >= 0.6 is 0 Å². The third-order valence-electron chi connectivity index (χ3n) is 8.02. The molecule has 0 spiro atoms. The van der Waals surface area contributed by atoms with Gasteiger partial charge in [0.15, 0.2) is 12.6 Å². The molecule has 3 aliphatic heterocycles. The molecule has 0 radical (unpaired) electrons. The zero-order chi connectivity index (χ0) is 29.4. The van der Waals surface area contributed by atoms with E-state index in [4.69, 9.17) is 28.4 Å². The largest absolute Gasteiger partial charge is 0.462 e. The Labute approximate surface area is 231 Å². The summed E-state index contributed by atoms with van der Waals surface area (Å²) in [4.78, 5) is 24.8. The second-order valence-electron chi connectivity index (χ2n) is 11.5. The van der Waals surface area contributed by atoms with E-state index in [0.29, 0.717) is 5.57 Å². The fraction of sp³-hybridized carbons (Fsp3) is 0.846. The Balaban J connectivity index is 1.37. The lowest BCUT2D eigenvalue weighted by Gasteiger charge is -2.41. The smallest absolute Gasteiger partial charge is 0.309 e. The molecule has 3 heterocycles. The monoisotopic (exact) mass is 576 g/mol. The van der Waals surface area contributed by atoms with Crippen molar-refractivity contribution in [2.75, 3.05) is 26.4 Å². The van der Waals surface area contributed by atoms with Gasteiger partial charge in [-0.25, -0.2) is 0 Å². The van der Waals surface area contributed by atoms with Gasteiger partial charge in [0.1, 0.15) is 41.9 Å². The highest BCUT2D eigenvalue weighted by atomic mass is 16.7. The van der Waals surface area contributed by atoms with Gasteiger partial charge in [-0.05, 0) is 11.5 Å². The predicted molar refractivity (Wildman–Crippen MR) is 131 cm³/mol. The molecule has 1 saturated carbocycles. The second-order valence-corrected chi connectivity index (χ2v) is 11.5. The van der Waals surface area contributed by atoms with E-state index in [0.717, 1.165) is 0 Å². The maximum absolute atomic E-state index is 12.6. The molecule has 3 fully saturated rings. The van der Waals surface area contributed by atoms with Crippen LogP contribution in [0.15, 0.2) is 11.8 Å². The summed E-state index contributed by atoms with van der Waals surface area (Å²) in [5.41, 5.74) is -1.33. The number of esters is 1. The lowest BCUT2D eigenvalue weighted by atomic mass is 9.83. The molecule has 40 heavy (non-hydrogen) atoms. The predicted octanol–water partition coefficient (Wildman–Crippen LogP) is -2.06. The summed E-state index contributed by atoms with van der Waals surface area (Å²) >= 11 is 0. The van der Waals surface area contributed by atoms with Crippen LogP contribution in [0.1, 0.15) is 33.6 Å². The number of ether oxygens (including phenoxy) is 6. The molecule has 0 aromatic heterocycles. The van der Waals surface area contributed by atoms with Gasteiger partial charge in [0.25, 0.3) is 0 Å². The molecule has 0 amide bonds. The lowest BCUT2D eigenvalue weighted by Crippen LogP contribution is -2.59. The molecule has 228 valence electrons. The Bertz CT molecular complexity index is 940. The highest BCUT2D eigenvalue weighted by Crippen LogP contribution is 2.45. The number of aliphatic hydroxyl groups excluding tert-OH is 5. The van der Waals surface area contributed by atoms with Crippen molar-refractivity contribution >= 4 is 11.8 Å². The Morgan fingerprint density at radius 2 is 1.82 bits per heavy atom. The van der Waals surface area contributed by atoms with Crippen molar-refractivity contribution in [1.29, 1.82) is 0 Å². The minimum atomic E-state index is -1.91. The van der Waals surface area contributed by atoms with Crippen molar-refractivity contribution in [2.24, 2.45) is 23.7 Å². The third kappa shape index (κ3) is 6.36. The van der Waals surface area contributed by atoms with Crippen LogP contribution in [0.25, 0.3) is 0 Å². The van der Waals surface area contributed by atoms with Crippen LogP contribution in [0.4, 0.5) is 0 Å². The third-order valence-corrected chi connectivity index (χ3v) is 8.02. The Hall–Kier alpha value is -1.72. The number of rotatable bonds is 10. The summed E-state index contributed by atoms with van der Waals surface area (Å²) in [5, 5.41) is 60.8. The first kappa shape index (κ1) is 31.2. The summed E-state index contributed by atoms with van der Waals surface area (Å²) in [6.07, 6.45) is -9.56. The number of hydrogen-bond donors (Lipinski definition) is 6. The first-order chi connectivity index (χ1) is 18.9. The van der Waals surface area contributed by atoms with Gasteiger partial charge in [-0.1, -0.05) is 20.8 Å². The number of carbonyl (C=O) groups excluding carboxylic acids is 2. The number of carbonyl (C=O) groups is 2. The quantitative estimate of drug-likeness (QED) is 0.155. The SMILES string of the molecule is CC(C)CC(=O)O[C@@H]1OC=C(CO[C@@H]2O[C@H](CO[C@@H]3OC[C@](O)(CO)[C@H]3O)[C@@H](O)[C@H](O)[C@H]2O)[C@H]2CC(=O)[C@H](C)[C@@H]12. The minimum absolute atomic E-state index is 0.00886. The number of aliphatic hydroxyl groups is 6. The van der Waals surface area contributed by atoms with Crippen LogP contribution in [0.5, 0.6) is 0 Å². The van der Waals surface area contributed by atoms with Crippen LogP contribution in [0, 0.1) is 23.7 Å². The van der Waals surface area contributed by atoms with Gasteiger partial charge in [0.05, 0.1) is 32.7 Å². The summed E-state index contributed by atoms with van der Waals surface area (Å²) in [7, 11) is 0. The van der Waals surface area contributed by atoms with Gasteiger partial charge in [0, 0.05) is 30.6 Å². The molecule has 0 unspecified atom stereocenters. The molecular formula is C26H40O14. The highest BCUT2D eigenvalue weighted by molar-refractivity contribution is 5.84. The summed E-state index contributed by atoms with van der Waals surface area (Å²) in [6, 6.07) is 0. The molecule has 4 aliphatic rings. The van der Waals surface area contributed by atoms with Crippen molar-refractivity contribution < 1.29 is 68.6 Å². The molecule has 4 rings (SSSR count). The molecule has 1 aliphatic carbocycles. The molecule has 14 nitrogen and oxygen atoms in total. The first-order valence-electron chi connectivity index (χ1n) is 13.5. The molecule has 0 aromatic carbocycles. The van der Waals surface area contributed by atoms with Crippen molar-refractivity contribution in [2.45, 2.75) is 88.6 Å². The topological polar surface area (TPSA) is 211 Å². The number of Topliss-reactive ketones (excluding diaryl/α,β-unsaturated/α-hetero) is 1. The molecule has 14 heteroatoms. The van der Waals surface area contributed by atoms with Crippen molar-refractivity contribution in [3.8, 4) is 0 Å². The zero-order valence-corrected chi connectivity index (χ0v) is 22.7. The Kier molecular flexibility index (Phi) is 9.87. The van der Waals surface area contributed by atoms with Crippen molar-refractivity contribution in [1.82, 2.24) is 0 Å². The van der Waals surface area contributed by atoms with E-state index < -0.39 is 86.0 Å². The highest BCUT2D eigenvalue weighted by Gasteiger charge is 2.52. The maximum atomic E-state index is 12.6. The van der Waals surface area contributed by atoms with E-state index in [-0.39, 0.29) is 43.7 Å². The van der Waals surface area contributed by atoms with E-state index in [1.54, 1.807) is 6.92 Å². The lowest BCUT2D eigenvalue weighted by molar-refractivity contribution is -0.308. The Morgan fingerprint density at radius 1 is 1.10 bits per heavy atom. The van der Waals surface area contributed by atoms with Crippen molar-refractivity contribution in [3.63, 3.8) is 0 Å². The van der Waals surface area contributed by atoms with E-state index in [2.05, 4.69) is 0 Å². The normalized spacial score (nSPS) is 43.4. The van der Waals surface area contributed by atoms with E-state index >= 15 is 0 Å². The van der Waals surface area contributed by atoms with Crippen molar-refractivity contribution in [3.05, 3.63) is 11.8 Å². The second kappa shape index (κ2) is 12.7. The van der Waals surface area contributed by atoms with Gasteiger partial charge in [-0.15, -0.1) is 0 Å². The van der Waals surface area contributed by atoms with E-state index in [9.17, 15) is 40.2 Å². The standard InChI is InChI=1S/C26H40O14/c1-11(2)4-17(29)40-23-18-12(3)15(28)5-14(18)13(6-35-23)7-36-24-21(32)20(31)19(30)16(39-24)8-37-25-22(33)26(34,9-27)10-38-25/h6,11-12,14,16,18-25,27,30-34H,4-5,7-10H2,1-3H3/t12-,14+,16+,18+,19+,20-,21+,22-,23-,24+,25+,26+/m0/s1. The summed E-state index contributed by atoms with van der Waals surface area (Å²) < 4.78 is 33.2. The number of fused-ring (bicyclic) bond motifs is 1. The van der Waals surface area contributed by atoms with E-state index in [1.165, 1.54) is 6.26 Å². The minimum Gasteiger partial charge on any atom is -0.462 e. The van der Waals surface area contributed by atoms with E-state index in [1.807, 2.05) is 13.8 Å². The molecule has 12 atom stereocenters. The van der Waals surface area contributed by atoms with Gasteiger partial charge in [0.2, 0.25) is 6.29 Å². The van der Waals surface area contributed by atoms with Gasteiger partial charge >= 0.3 is 5.97 Å². The maximum Gasteiger partial charge on any atom is 0.309 e. The fourth-order valence-electron chi connectivity index (χ4n) is 5.49. The first-order valence-corrected chi connectivity index (χ1v) is 13.5. The summed E-state index contributed by atoms with van der Waals surface area (Å²) in [6.45, 7) is 3.82. The van der Waals surface area contributed by atoms with Gasteiger partial charge in [-0.3, -0.25) is 9.59 Å². The van der Waals surface area contributed by atoms with Crippen LogP contribution in [-0.2, 0) is 38.0 Å². The molecule has 0 bridgehead atoms. The molecule has 6 N–H and O–H groups in total. The number of hydrogen-bond acceptors (Lipinski definition) is 14. The molecule has 0 aromatic rings. The van der Waals surface area contributed by atoms with Crippen LogP contribution in [0.2, 0.25) is 0 Å². The van der Waals surface area contributed by atoms with Gasteiger partial charge in [-0.2, -0.15) is 0 Å². The average Bonchev–Trinajstić information content (AvgIpc) is 3.37. The van der Waals surface area contributed by atoms with Crippen LogP contribution in [0.3, 0.4) is 0 Å². The molecular weight excluding hydrogens is 536 g/mol.